The Labute approximate surface area is 149 Å². The van der Waals surface area contributed by atoms with Crippen molar-refractivity contribution >= 4 is 5.96 Å². The summed E-state index contributed by atoms with van der Waals surface area (Å²) < 4.78 is 13.8. The number of likely N-dealkylation sites (tertiary alicyclic amines) is 2. The zero-order chi connectivity index (χ0) is 17.6. The molecule has 0 amide bonds. The summed E-state index contributed by atoms with van der Waals surface area (Å²) >= 11 is 0. The average molecular weight is 348 g/mol. The summed E-state index contributed by atoms with van der Waals surface area (Å²) in [5.41, 5.74) is 0.304. The molecule has 2 atom stereocenters. The number of aliphatic hydroxyl groups is 1. The third-order valence-corrected chi connectivity index (χ3v) is 5.13. The van der Waals surface area contributed by atoms with E-state index in [4.69, 9.17) is 0 Å². The van der Waals surface area contributed by atoms with E-state index >= 15 is 0 Å². The van der Waals surface area contributed by atoms with Crippen LogP contribution < -0.4 is 5.32 Å². The van der Waals surface area contributed by atoms with Crippen LogP contribution in [0.15, 0.2) is 29.3 Å². The highest BCUT2D eigenvalue weighted by Crippen LogP contribution is 2.21. The quantitative estimate of drug-likeness (QED) is 0.631. The number of hydrogen-bond donors (Lipinski definition) is 2. The first-order chi connectivity index (χ1) is 12.2. The lowest BCUT2D eigenvalue weighted by molar-refractivity contribution is 0.181. The zero-order valence-electron chi connectivity index (χ0n) is 15.0. The van der Waals surface area contributed by atoms with Crippen LogP contribution in [0, 0.1) is 5.82 Å². The number of rotatable bonds is 5. The van der Waals surface area contributed by atoms with E-state index in [0.29, 0.717) is 11.6 Å². The Hall–Kier alpha value is -1.66. The van der Waals surface area contributed by atoms with Crippen LogP contribution >= 0.6 is 0 Å². The highest BCUT2D eigenvalue weighted by molar-refractivity contribution is 5.80. The van der Waals surface area contributed by atoms with Gasteiger partial charge in [-0.15, -0.1) is 0 Å². The summed E-state index contributed by atoms with van der Waals surface area (Å²) in [5.74, 6) is 0.435. The van der Waals surface area contributed by atoms with Gasteiger partial charge in [-0.2, -0.15) is 0 Å². The number of aliphatic imine (C=N–C) groups is 1. The average Bonchev–Trinajstić information content (AvgIpc) is 3.29. The van der Waals surface area contributed by atoms with Crippen LogP contribution in [0.3, 0.4) is 0 Å². The molecule has 0 aromatic heterocycles. The molecule has 2 saturated heterocycles. The van der Waals surface area contributed by atoms with Crippen LogP contribution in [0.25, 0.3) is 0 Å². The molecule has 0 bridgehead atoms. The number of nitrogens with zero attached hydrogens (tertiary/aromatic N) is 3. The maximum atomic E-state index is 13.8. The lowest BCUT2D eigenvalue weighted by Crippen LogP contribution is -2.43. The molecule has 0 radical (unpaired) electrons. The molecule has 2 aliphatic rings. The minimum Gasteiger partial charge on any atom is -0.386 e. The van der Waals surface area contributed by atoms with Crippen LogP contribution in [0.5, 0.6) is 0 Å². The molecule has 138 valence electrons. The van der Waals surface area contributed by atoms with Crippen molar-refractivity contribution in [3.63, 3.8) is 0 Å². The number of benzene rings is 1. The number of halogens is 1. The maximum Gasteiger partial charge on any atom is 0.194 e. The van der Waals surface area contributed by atoms with Crippen molar-refractivity contribution in [2.75, 3.05) is 39.3 Å². The van der Waals surface area contributed by atoms with Crippen molar-refractivity contribution < 1.29 is 9.50 Å². The van der Waals surface area contributed by atoms with Crippen molar-refractivity contribution in [2.24, 2.45) is 4.99 Å². The molecule has 0 spiro atoms. The summed E-state index contributed by atoms with van der Waals surface area (Å²) in [6.45, 7) is 7.34. The summed E-state index contributed by atoms with van der Waals surface area (Å²) in [4.78, 5) is 9.42. The minimum atomic E-state index is -0.924. The molecule has 2 aliphatic heterocycles. The van der Waals surface area contributed by atoms with Gasteiger partial charge in [-0.05, 0) is 45.3 Å². The predicted octanol–water partition coefficient (Wildman–Crippen LogP) is 1.99. The Morgan fingerprint density at radius 2 is 2.08 bits per heavy atom. The van der Waals surface area contributed by atoms with Gasteiger partial charge >= 0.3 is 0 Å². The fourth-order valence-corrected chi connectivity index (χ4v) is 3.78. The molecule has 0 saturated carbocycles. The first kappa shape index (κ1) is 18.1. The van der Waals surface area contributed by atoms with Gasteiger partial charge in [0.2, 0.25) is 0 Å². The Morgan fingerprint density at radius 1 is 1.32 bits per heavy atom. The van der Waals surface area contributed by atoms with E-state index in [0.717, 1.165) is 32.0 Å². The second kappa shape index (κ2) is 8.63. The van der Waals surface area contributed by atoms with Crippen molar-refractivity contribution in [2.45, 2.75) is 38.3 Å². The minimum absolute atomic E-state index is 0.161. The van der Waals surface area contributed by atoms with Crippen molar-refractivity contribution in [3.05, 3.63) is 35.6 Å². The lowest BCUT2D eigenvalue weighted by Gasteiger charge is -2.25. The SMILES string of the molecule is CCNC(=NCC(O)c1ccccc1F)N1CCC(N2CCCC2)C1. The van der Waals surface area contributed by atoms with E-state index < -0.39 is 6.10 Å². The fourth-order valence-electron chi connectivity index (χ4n) is 3.78. The first-order valence-electron chi connectivity index (χ1n) is 9.39. The molecule has 6 heteroatoms. The van der Waals surface area contributed by atoms with E-state index in [1.807, 2.05) is 6.92 Å². The topological polar surface area (TPSA) is 51.1 Å². The van der Waals surface area contributed by atoms with E-state index in [9.17, 15) is 9.50 Å². The van der Waals surface area contributed by atoms with Crippen LogP contribution in [-0.2, 0) is 0 Å². The molecule has 25 heavy (non-hydrogen) atoms. The van der Waals surface area contributed by atoms with Crippen LogP contribution in [-0.4, -0.2) is 66.2 Å². The van der Waals surface area contributed by atoms with Crippen molar-refractivity contribution in [1.82, 2.24) is 15.1 Å². The van der Waals surface area contributed by atoms with Crippen molar-refractivity contribution in [3.8, 4) is 0 Å². The largest absolute Gasteiger partial charge is 0.386 e. The van der Waals surface area contributed by atoms with E-state index in [1.165, 1.54) is 32.0 Å². The molecule has 1 aromatic carbocycles. The molecule has 3 rings (SSSR count). The van der Waals surface area contributed by atoms with Gasteiger partial charge in [0, 0.05) is 31.2 Å². The molecule has 2 N–H and O–H groups in total. The smallest absolute Gasteiger partial charge is 0.194 e. The highest BCUT2D eigenvalue weighted by Gasteiger charge is 2.30. The van der Waals surface area contributed by atoms with Gasteiger partial charge in [0.15, 0.2) is 5.96 Å². The summed E-state index contributed by atoms with van der Waals surface area (Å²) in [5, 5.41) is 13.6. The molecule has 0 aliphatic carbocycles. The van der Waals surface area contributed by atoms with Crippen LogP contribution in [0.4, 0.5) is 4.39 Å². The van der Waals surface area contributed by atoms with Gasteiger partial charge in [-0.3, -0.25) is 9.89 Å². The molecule has 5 nitrogen and oxygen atoms in total. The Kier molecular flexibility index (Phi) is 6.26. The third kappa shape index (κ3) is 4.50. The van der Waals surface area contributed by atoms with Gasteiger partial charge in [0.25, 0.3) is 0 Å². The number of hydrogen-bond acceptors (Lipinski definition) is 3. The molecule has 1 aromatic rings. The lowest BCUT2D eigenvalue weighted by atomic mass is 10.1. The first-order valence-corrected chi connectivity index (χ1v) is 9.39. The Morgan fingerprint density at radius 3 is 2.80 bits per heavy atom. The second-order valence-corrected chi connectivity index (χ2v) is 6.86. The predicted molar refractivity (Wildman–Crippen MR) is 98.1 cm³/mol. The standard InChI is InChI=1S/C19H29FN4O/c1-2-21-19(22-13-18(25)16-7-3-4-8-17(16)20)24-12-9-15(14-24)23-10-5-6-11-23/h3-4,7-8,15,18,25H,2,5-6,9-14H2,1H3,(H,21,22). The fraction of sp³-hybridized carbons (Fsp3) is 0.632. The Bertz CT molecular complexity index is 589. The van der Waals surface area contributed by atoms with Gasteiger partial charge in [0.05, 0.1) is 6.54 Å². The van der Waals surface area contributed by atoms with E-state index in [1.54, 1.807) is 18.2 Å². The highest BCUT2D eigenvalue weighted by atomic mass is 19.1. The molecule has 2 fully saturated rings. The molecule has 2 unspecified atom stereocenters. The number of nitrogens with one attached hydrogen (secondary N) is 1. The maximum absolute atomic E-state index is 13.8. The van der Waals surface area contributed by atoms with Gasteiger partial charge < -0.3 is 15.3 Å². The summed E-state index contributed by atoms with van der Waals surface area (Å²) in [7, 11) is 0. The van der Waals surface area contributed by atoms with Gasteiger partial charge in [0.1, 0.15) is 11.9 Å². The molecular formula is C19H29FN4O. The third-order valence-electron chi connectivity index (χ3n) is 5.13. The van der Waals surface area contributed by atoms with Crippen LogP contribution in [0.1, 0.15) is 37.9 Å². The summed E-state index contributed by atoms with van der Waals surface area (Å²) in [6, 6.07) is 6.94. The monoisotopic (exact) mass is 348 g/mol. The number of aliphatic hydroxyl groups excluding tert-OH is 1. The normalized spacial score (nSPS) is 23.2. The molecule has 2 heterocycles. The second-order valence-electron chi connectivity index (χ2n) is 6.86. The van der Waals surface area contributed by atoms with Crippen LogP contribution in [0.2, 0.25) is 0 Å². The number of guanidine groups is 1. The van der Waals surface area contributed by atoms with Gasteiger partial charge in [-0.1, -0.05) is 18.2 Å². The molecular weight excluding hydrogens is 319 g/mol. The van der Waals surface area contributed by atoms with Crippen molar-refractivity contribution in [1.29, 1.82) is 0 Å². The van der Waals surface area contributed by atoms with E-state index in [2.05, 4.69) is 20.1 Å². The zero-order valence-corrected chi connectivity index (χ0v) is 15.0. The Balaban J connectivity index is 1.62. The summed E-state index contributed by atoms with van der Waals surface area (Å²) in [6.07, 6.45) is 2.84. The van der Waals surface area contributed by atoms with E-state index in [-0.39, 0.29) is 12.4 Å². The van der Waals surface area contributed by atoms with Gasteiger partial charge in [-0.25, -0.2) is 4.39 Å².